The van der Waals surface area contributed by atoms with Gasteiger partial charge in [-0.15, -0.1) is 0 Å². The maximum atomic E-state index is 4.11. The molecule has 0 aliphatic carbocycles. The van der Waals surface area contributed by atoms with E-state index >= 15 is 0 Å². The van der Waals surface area contributed by atoms with E-state index in [4.69, 9.17) is 0 Å². The molecule has 0 heteroatoms. The molecule has 0 aromatic heterocycles. The van der Waals surface area contributed by atoms with Crippen LogP contribution in [0.25, 0.3) is 0 Å². The first-order valence-corrected chi connectivity index (χ1v) is 6.50. The van der Waals surface area contributed by atoms with Crippen LogP contribution in [0.4, 0.5) is 0 Å². The van der Waals surface area contributed by atoms with Gasteiger partial charge < -0.3 is 0 Å². The number of allylic oxidation sites excluding steroid dienone is 1. The van der Waals surface area contributed by atoms with Crippen molar-refractivity contribution in [3.8, 4) is 0 Å². The van der Waals surface area contributed by atoms with Crippen molar-refractivity contribution >= 4 is 0 Å². The molecule has 0 bridgehead atoms. The maximum absolute atomic E-state index is 4.11. The van der Waals surface area contributed by atoms with Gasteiger partial charge in [0, 0.05) is 0 Å². The summed E-state index contributed by atoms with van der Waals surface area (Å²) in [5.74, 6) is 0. The van der Waals surface area contributed by atoms with Gasteiger partial charge in [-0.05, 0) is 43.2 Å². The standard InChI is InChI=1S/C16H24/c1-4-8-14(3)9-6-11-16-12-7-10-15(5-2)13-16/h7,10,12-13H,3-6,8-9,11H2,1-2H3. The summed E-state index contributed by atoms with van der Waals surface area (Å²) in [5.41, 5.74) is 4.34. The highest BCUT2D eigenvalue weighted by molar-refractivity contribution is 5.23. The second-order valence-corrected chi connectivity index (χ2v) is 4.53. The van der Waals surface area contributed by atoms with Crippen molar-refractivity contribution in [2.45, 2.75) is 52.4 Å². The summed E-state index contributed by atoms with van der Waals surface area (Å²) in [6.45, 7) is 8.54. The number of hydrogen-bond acceptors (Lipinski definition) is 0. The molecule has 0 N–H and O–H groups in total. The van der Waals surface area contributed by atoms with Gasteiger partial charge in [0.05, 0.1) is 0 Å². The van der Waals surface area contributed by atoms with E-state index in [0.29, 0.717) is 0 Å². The van der Waals surface area contributed by atoms with Gasteiger partial charge in [0.25, 0.3) is 0 Å². The Bertz CT molecular complexity index is 323. The van der Waals surface area contributed by atoms with Crippen LogP contribution in [0.5, 0.6) is 0 Å². The highest BCUT2D eigenvalue weighted by Crippen LogP contribution is 2.14. The molecule has 0 aliphatic rings. The molecular weight excluding hydrogens is 192 g/mol. The molecule has 0 radical (unpaired) electrons. The van der Waals surface area contributed by atoms with Crippen LogP contribution in [0.3, 0.4) is 0 Å². The number of hydrogen-bond donors (Lipinski definition) is 0. The van der Waals surface area contributed by atoms with Crippen LogP contribution in [0.2, 0.25) is 0 Å². The Morgan fingerprint density at radius 3 is 2.56 bits per heavy atom. The van der Waals surface area contributed by atoms with Crippen LogP contribution in [-0.2, 0) is 12.8 Å². The molecule has 1 aromatic rings. The van der Waals surface area contributed by atoms with E-state index in [2.05, 4.69) is 44.7 Å². The van der Waals surface area contributed by atoms with Gasteiger partial charge in [0.1, 0.15) is 0 Å². The molecule has 0 amide bonds. The minimum Gasteiger partial charge on any atom is -0.0999 e. The minimum atomic E-state index is 1.14. The van der Waals surface area contributed by atoms with E-state index in [1.807, 2.05) is 0 Å². The number of aryl methyl sites for hydroxylation is 2. The topological polar surface area (TPSA) is 0 Å². The Labute approximate surface area is 100 Å². The lowest BCUT2D eigenvalue weighted by molar-refractivity contribution is 0.761. The van der Waals surface area contributed by atoms with Crippen molar-refractivity contribution in [3.63, 3.8) is 0 Å². The van der Waals surface area contributed by atoms with E-state index in [-0.39, 0.29) is 0 Å². The van der Waals surface area contributed by atoms with Crippen molar-refractivity contribution in [2.75, 3.05) is 0 Å². The van der Waals surface area contributed by atoms with Gasteiger partial charge in [0.2, 0.25) is 0 Å². The van der Waals surface area contributed by atoms with E-state index in [9.17, 15) is 0 Å². The summed E-state index contributed by atoms with van der Waals surface area (Å²) in [6, 6.07) is 8.96. The molecule has 0 unspecified atom stereocenters. The van der Waals surface area contributed by atoms with Crippen LogP contribution >= 0.6 is 0 Å². The van der Waals surface area contributed by atoms with Gasteiger partial charge in [0.15, 0.2) is 0 Å². The highest BCUT2D eigenvalue weighted by atomic mass is 14.0. The number of rotatable bonds is 7. The van der Waals surface area contributed by atoms with Crippen molar-refractivity contribution in [1.82, 2.24) is 0 Å². The Morgan fingerprint density at radius 2 is 1.88 bits per heavy atom. The predicted octanol–water partition coefficient (Wildman–Crippen LogP) is 4.93. The van der Waals surface area contributed by atoms with Gasteiger partial charge in [-0.2, -0.15) is 0 Å². The zero-order valence-electron chi connectivity index (χ0n) is 10.8. The van der Waals surface area contributed by atoms with Gasteiger partial charge in [-0.3, -0.25) is 0 Å². The van der Waals surface area contributed by atoms with Crippen molar-refractivity contribution in [3.05, 3.63) is 47.5 Å². The van der Waals surface area contributed by atoms with Crippen molar-refractivity contribution in [1.29, 1.82) is 0 Å². The molecule has 0 atom stereocenters. The first-order valence-electron chi connectivity index (χ1n) is 6.50. The summed E-state index contributed by atoms with van der Waals surface area (Å²) in [5, 5.41) is 0. The first kappa shape index (κ1) is 13.0. The fourth-order valence-electron chi connectivity index (χ4n) is 2.03. The quantitative estimate of drug-likeness (QED) is 0.567. The van der Waals surface area contributed by atoms with Crippen LogP contribution in [-0.4, -0.2) is 0 Å². The molecule has 88 valence electrons. The minimum absolute atomic E-state index is 1.14. The molecule has 1 aromatic carbocycles. The first-order chi connectivity index (χ1) is 7.76. The van der Waals surface area contributed by atoms with Crippen molar-refractivity contribution in [2.24, 2.45) is 0 Å². The van der Waals surface area contributed by atoms with E-state index in [1.54, 1.807) is 0 Å². The molecule has 0 fully saturated rings. The smallest absolute Gasteiger partial charge is 0.0276 e. The van der Waals surface area contributed by atoms with Gasteiger partial charge >= 0.3 is 0 Å². The van der Waals surface area contributed by atoms with E-state index in [1.165, 1.54) is 48.8 Å². The highest BCUT2D eigenvalue weighted by Gasteiger charge is 1.97. The Morgan fingerprint density at radius 1 is 1.12 bits per heavy atom. The lowest BCUT2D eigenvalue weighted by atomic mass is 10.0. The summed E-state index contributed by atoms with van der Waals surface area (Å²) in [6.07, 6.45) is 7.17. The van der Waals surface area contributed by atoms with Gasteiger partial charge in [-0.1, -0.05) is 56.7 Å². The summed E-state index contributed by atoms with van der Waals surface area (Å²) < 4.78 is 0. The molecule has 0 saturated carbocycles. The fourth-order valence-corrected chi connectivity index (χ4v) is 2.03. The third-order valence-corrected chi connectivity index (χ3v) is 3.00. The lowest BCUT2D eigenvalue weighted by Gasteiger charge is -2.05. The molecule has 0 saturated heterocycles. The maximum Gasteiger partial charge on any atom is -0.0276 e. The molecular formula is C16H24. The monoisotopic (exact) mass is 216 g/mol. The normalized spacial score (nSPS) is 10.4. The Kier molecular flexibility index (Phi) is 5.92. The van der Waals surface area contributed by atoms with Crippen LogP contribution in [0, 0.1) is 0 Å². The predicted molar refractivity (Wildman–Crippen MR) is 72.8 cm³/mol. The van der Waals surface area contributed by atoms with E-state index < -0.39 is 0 Å². The zero-order chi connectivity index (χ0) is 11.8. The fraction of sp³-hybridized carbons (Fsp3) is 0.500. The zero-order valence-corrected chi connectivity index (χ0v) is 10.8. The van der Waals surface area contributed by atoms with Crippen molar-refractivity contribution < 1.29 is 0 Å². The lowest BCUT2D eigenvalue weighted by Crippen LogP contribution is -1.89. The van der Waals surface area contributed by atoms with Crippen LogP contribution in [0.15, 0.2) is 36.4 Å². The summed E-state index contributed by atoms with van der Waals surface area (Å²) in [4.78, 5) is 0. The third-order valence-electron chi connectivity index (χ3n) is 3.00. The second-order valence-electron chi connectivity index (χ2n) is 4.53. The molecule has 0 aliphatic heterocycles. The Hall–Kier alpha value is -1.04. The molecule has 0 heterocycles. The third kappa shape index (κ3) is 4.65. The molecule has 1 rings (SSSR count). The average molecular weight is 216 g/mol. The van der Waals surface area contributed by atoms with Gasteiger partial charge in [-0.25, -0.2) is 0 Å². The molecule has 0 nitrogen and oxygen atoms in total. The molecule has 16 heavy (non-hydrogen) atoms. The largest absolute Gasteiger partial charge is 0.0999 e. The number of benzene rings is 1. The summed E-state index contributed by atoms with van der Waals surface area (Å²) >= 11 is 0. The van der Waals surface area contributed by atoms with Crippen LogP contribution < -0.4 is 0 Å². The Balaban J connectivity index is 2.34. The van der Waals surface area contributed by atoms with E-state index in [0.717, 1.165) is 6.42 Å². The SMILES string of the molecule is C=C(CCC)CCCc1cccc(CC)c1. The van der Waals surface area contributed by atoms with Crippen LogP contribution in [0.1, 0.15) is 50.7 Å². The summed E-state index contributed by atoms with van der Waals surface area (Å²) in [7, 11) is 0. The second kappa shape index (κ2) is 7.27. The molecule has 0 spiro atoms. The average Bonchev–Trinajstić information content (AvgIpc) is 2.30.